The van der Waals surface area contributed by atoms with Gasteiger partial charge in [-0.25, -0.2) is 4.98 Å². The number of imidazole rings is 1. The Kier molecular flexibility index (Phi) is 2.80. The summed E-state index contributed by atoms with van der Waals surface area (Å²) in [6.45, 7) is 4.66. The van der Waals surface area contributed by atoms with Crippen molar-refractivity contribution in [2.24, 2.45) is 0 Å². The van der Waals surface area contributed by atoms with E-state index in [2.05, 4.69) is 31.0 Å². The maximum atomic E-state index is 5.81. The van der Waals surface area contributed by atoms with Crippen molar-refractivity contribution in [1.82, 2.24) is 9.38 Å². The number of aryl methyl sites for hydroxylation is 2. The van der Waals surface area contributed by atoms with Gasteiger partial charge in [0.2, 0.25) is 0 Å². The first-order valence-electron chi connectivity index (χ1n) is 5.83. The number of benzene rings is 1. The standard InChI is InChI=1S/C14H14N2OS/c1-10-3-4-13(11(2)7-10)17-9-12-8-16-5-6-18-14(16)15-12/h3-8H,9H2,1-2H3. The van der Waals surface area contributed by atoms with Gasteiger partial charge in [0.25, 0.3) is 0 Å². The number of nitrogens with zero attached hydrogens (tertiary/aromatic N) is 2. The average Bonchev–Trinajstić information content (AvgIpc) is 2.88. The quantitative estimate of drug-likeness (QED) is 0.717. The number of rotatable bonds is 3. The van der Waals surface area contributed by atoms with Gasteiger partial charge in [-0.2, -0.15) is 0 Å². The Morgan fingerprint density at radius 3 is 3.00 bits per heavy atom. The summed E-state index contributed by atoms with van der Waals surface area (Å²) < 4.78 is 7.82. The molecule has 3 rings (SSSR count). The largest absolute Gasteiger partial charge is 0.487 e. The molecule has 0 N–H and O–H groups in total. The molecule has 2 aromatic heterocycles. The van der Waals surface area contributed by atoms with Crippen LogP contribution in [-0.4, -0.2) is 9.38 Å². The second-order valence-corrected chi connectivity index (χ2v) is 5.26. The molecule has 18 heavy (non-hydrogen) atoms. The second-order valence-electron chi connectivity index (χ2n) is 4.38. The van der Waals surface area contributed by atoms with E-state index in [-0.39, 0.29) is 0 Å². The normalized spacial score (nSPS) is 11.0. The Labute approximate surface area is 110 Å². The van der Waals surface area contributed by atoms with Crippen LogP contribution in [-0.2, 0) is 6.61 Å². The molecule has 0 amide bonds. The fraction of sp³-hybridized carbons (Fsp3) is 0.214. The van der Waals surface area contributed by atoms with E-state index in [0.29, 0.717) is 6.61 Å². The molecule has 0 spiro atoms. The number of hydrogen-bond donors (Lipinski definition) is 0. The van der Waals surface area contributed by atoms with E-state index in [0.717, 1.165) is 22.0 Å². The molecule has 3 nitrogen and oxygen atoms in total. The van der Waals surface area contributed by atoms with Crippen LogP contribution in [0, 0.1) is 13.8 Å². The van der Waals surface area contributed by atoms with Gasteiger partial charge in [0, 0.05) is 17.8 Å². The van der Waals surface area contributed by atoms with Gasteiger partial charge < -0.3 is 4.74 Å². The van der Waals surface area contributed by atoms with Crippen molar-refractivity contribution in [1.29, 1.82) is 0 Å². The average molecular weight is 258 g/mol. The van der Waals surface area contributed by atoms with Crippen LogP contribution in [0.2, 0.25) is 0 Å². The lowest BCUT2D eigenvalue weighted by molar-refractivity contribution is 0.300. The molecule has 0 aliphatic heterocycles. The van der Waals surface area contributed by atoms with E-state index >= 15 is 0 Å². The molecule has 0 fully saturated rings. The van der Waals surface area contributed by atoms with Crippen molar-refractivity contribution in [3.05, 3.63) is 52.8 Å². The molecule has 0 saturated heterocycles. The highest BCUT2D eigenvalue weighted by atomic mass is 32.1. The maximum Gasteiger partial charge on any atom is 0.193 e. The minimum Gasteiger partial charge on any atom is -0.487 e. The van der Waals surface area contributed by atoms with Gasteiger partial charge in [-0.3, -0.25) is 4.40 Å². The molecule has 0 aliphatic carbocycles. The highest BCUT2D eigenvalue weighted by Gasteiger charge is 2.04. The Hall–Kier alpha value is -1.81. The summed E-state index contributed by atoms with van der Waals surface area (Å²) in [4.78, 5) is 5.50. The van der Waals surface area contributed by atoms with E-state index < -0.39 is 0 Å². The number of ether oxygens (including phenoxy) is 1. The van der Waals surface area contributed by atoms with Crippen LogP contribution in [0.5, 0.6) is 5.75 Å². The van der Waals surface area contributed by atoms with Gasteiger partial charge in [0.05, 0.1) is 5.69 Å². The van der Waals surface area contributed by atoms with E-state index in [1.807, 2.05) is 28.2 Å². The second kappa shape index (κ2) is 4.46. The van der Waals surface area contributed by atoms with Gasteiger partial charge in [0.15, 0.2) is 4.96 Å². The number of hydrogen-bond acceptors (Lipinski definition) is 3. The third-order valence-electron chi connectivity index (χ3n) is 2.85. The zero-order valence-electron chi connectivity index (χ0n) is 10.4. The zero-order valence-corrected chi connectivity index (χ0v) is 11.2. The third-order valence-corrected chi connectivity index (χ3v) is 3.62. The molecule has 92 valence electrons. The van der Waals surface area contributed by atoms with Crippen LogP contribution in [0.3, 0.4) is 0 Å². The third kappa shape index (κ3) is 2.11. The molecule has 0 bridgehead atoms. The fourth-order valence-electron chi connectivity index (χ4n) is 1.96. The van der Waals surface area contributed by atoms with Gasteiger partial charge >= 0.3 is 0 Å². The van der Waals surface area contributed by atoms with Crippen molar-refractivity contribution in [2.75, 3.05) is 0 Å². The van der Waals surface area contributed by atoms with E-state index in [4.69, 9.17) is 4.74 Å². The molecule has 0 aliphatic rings. The predicted octanol–water partition coefficient (Wildman–Crippen LogP) is 3.59. The molecule has 0 saturated carbocycles. The number of aromatic nitrogens is 2. The Balaban J connectivity index is 1.76. The lowest BCUT2D eigenvalue weighted by atomic mass is 10.1. The van der Waals surface area contributed by atoms with Gasteiger partial charge in [-0.1, -0.05) is 17.7 Å². The smallest absolute Gasteiger partial charge is 0.193 e. The van der Waals surface area contributed by atoms with Crippen molar-refractivity contribution < 1.29 is 4.74 Å². The molecule has 4 heteroatoms. The summed E-state index contributed by atoms with van der Waals surface area (Å²) in [6.07, 6.45) is 4.02. The Morgan fingerprint density at radius 2 is 2.22 bits per heavy atom. The van der Waals surface area contributed by atoms with Gasteiger partial charge in [-0.05, 0) is 25.5 Å². The van der Waals surface area contributed by atoms with Gasteiger partial charge in [-0.15, -0.1) is 11.3 Å². The molecular weight excluding hydrogens is 244 g/mol. The molecule has 0 atom stereocenters. The minimum atomic E-state index is 0.512. The molecule has 0 unspecified atom stereocenters. The van der Waals surface area contributed by atoms with Gasteiger partial charge in [0.1, 0.15) is 12.4 Å². The van der Waals surface area contributed by atoms with Crippen molar-refractivity contribution in [3.8, 4) is 5.75 Å². The highest BCUT2D eigenvalue weighted by Crippen LogP contribution is 2.20. The first-order valence-corrected chi connectivity index (χ1v) is 6.71. The molecule has 3 aromatic rings. The van der Waals surface area contributed by atoms with Crippen molar-refractivity contribution in [3.63, 3.8) is 0 Å². The van der Waals surface area contributed by atoms with Crippen LogP contribution in [0.15, 0.2) is 36.0 Å². The molecule has 0 radical (unpaired) electrons. The number of thiazole rings is 1. The monoisotopic (exact) mass is 258 g/mol. The SMILES string of the molecule is Cc1ccc(OCc2cn3ccsc3n2)c(C)c1. The summed E-state index contributed by atoms with van der Waals surface area (Å²) in [6, 6.07) is 6.21. The lowest BCUT2D eigenvalue weighted by Gasteiger charge is -2.08. The minimum absolute atomic E-state index is 0.512. The summed E-state index contributed by atoms with van der Waals surface area (Å²) in [5, 5.41) is 2.02. The van der Waals surface area contributed by atoms with E-state index in [1.165, 1.54) is 5.56 Å². The molecule has 1 aromatic carbocycles. The first kappa shape index (κ1) is 11.3. The van der Waals surface area contributed by atoms with E-state index in [9.17, 15) is 0 Å². The molecular formula is C14H14N2OS. The van der Waals surface area contributed by atoms with Crippen LogP contribution in [0.1, 0.15) is 16.8 Å². The van der Waals surface area contributed by atoms with E-state index in [1.54, 1.807) is 11.3 Å². The van der Waals surface area contributed by atoms with Crippen LogP contribution in [0.4, 0.5) is 0 Å². The van der Waals surface area contributed by atoms with Crippen molar-refractivity contribution >= 4 is 16.3 Å². The summed E-state index contributed by atoms with van der Waals surface area (Å²) in [7, 11) is 0. The zero-order chi connectivity index (χ0) is 12.5. The van der Waals surface area contributed by atoms with Crippen LogP contribution >= 0.6 is 11.3 Å². The molecule has 2 heterocycles. The summed E-state index contributed by atoms with van der Waals surface area (Å²) in [5.41, 5.74) is 3.38. The lowest BCUT2D eigenvalue weighted by Crippen LogP contribution is -1.97. The Morgan fingerprint density at radius 1 is 1.33 bits per heavy atom. The number of fused-ring (bicyclic) bond motifs is 1. The van der Waals surface area contributed by atoms with Crippen molar-refractivity contribution in [2.45, 2.75) is 20.5 Å². The topological polar surface area (TPSA) is 26.5 Å². The van der Waals surface area contributed by atoms with Crippen LogP contribution < -0.4 is 4.74 Å². The fourth-order valence-corrected chi connectivity index (χ4v) is 2.68. The maximum absolute atomic E-state index is 5.81. The first-order chi connectivity index (χ1) is 8.72. The Bertz CT molecular complexity index is 655. The van der Waals surface area contributed by atoms with Crippen LogP contribution in [0.25, 0.3) is 4.96 Å². The summed E-state index contributed by atoms with van der Waals surface area (Å²) in [5.74, 6) is 0.928. The predicted molar refractivity (Wildman–Crippen MR) is 73.3 cm³/mol. The highest BCUT2D eigenvalue weighted by molar-refractivity contribution is 7.15. The summed E-state index contributed by atoms with van der Waals surface area (Å²) >= 11 is 1.63.